The summed E-state index contributed by atoms with van der Waals surface area (Å²) in [6, 6.07) is 0. The van der Waals surface area contributed by atoms with E-state index < -0.39 is 0 Å². The summed E-state index contributed by atoms with van der Waals surface area (Å²) in [5, 5.41) is 13.2. The molecule has 0 atom stereocenters. The van der Waals surface area contributed by atoms with Gasteiger partial charge < -0.3 is 10.1 Å². The molecule has 0 saturated carbocycles. The van der Waals surface area contributed by atoms with Gasteiger partial charge in [0.1, 0.15) is 5.56 Å². The maximum atomic E-state index is 12.4. The number of esters is 1. The van der Waals surface area contributed by atoms with Gasteiger partial charge in [-0.05, 0) is 39.7 Å². The SMILES string of the molecule is CCOC(=O)c1cnc2c(c(C)nn2C)c1NCCc1c(C)nn(C)c1C. The summed E-state index contributed by atoms with van der Waals surface area (Å²) in [6.07, 6.45) is 2.36. The Morgan fingerprint density at radius 1 is 1.15 bits per heavy atom. The van der Waals surface area contributed by atoms with E-state index in [1.165, 1.54) is 5.56 Å². The van der Waals surface area contributed by atoms with Gasteiger partial charge in [-0.3, -0.25) is 9.36 Å². The molecule has 0 aliphatic carbocycles. The molecule has 27 heavy (non-hydrogen) atoms. The van der Waals surface area contributed by atoms with Gasteiger partial charge in [0.25, 0.3) is 0 Å². The standard InChI is InChI=1S/C19H26N6O2/c1-7-27-19(26)15-10-21-18-16(12(3)23-25(18)6)17(15)20-9-8-14-11(2)22-24(5)13(14)4/h10H,7-9H2,1-6H3,(H,20,21). The Labute approximate surface area is 158 Å². The van der Waals surface area contributed by atoms with Crippen molar-refractivity contribution in [3.05, 3.63) is 34.4 Å². The van der Waals surface area contributed by atoms with Crippen molar-refractivity contribution >= 4 is 22.7 Å². The van der Waals surface area contributed by atoms with Gasteiger partial charge in [0, 0.05) is 32.5 Å². The largest absolute Gasteiger partial charge is 0.462 e. The van der Waals surface area contributed by atoms with Crippen molar-refractivity contribution < 1.29 is 9.53 Å². The van der Waals surface area contributed by atoms with E-state index in [0.29, 0.717) is 18.7 Å². The third kappa shape index (κ3) is 3.39. The second-order valence-electron chi connectivity index (χ2n) is 6.62. The zero-order chi connectivity index (χ0) is 19.7. The molecule has 0 unspecified atom stereocenters. The molecule has 3 aromatic heterocycles. The minimum absolute atomic E-state index is 0.316. The van der Waals surface area contributed by atoms with Crippen LogP contribution in [0.25, 0.3) is 11.0 Å². The number of aryl methyl sites for hydroxylation is 4. The number of nitrogens with zero attached hydrogens (tertiary/aromatic N) is 5. The minimum Gasteiger partial charge on any atom is -0.462 e. The summed E-state index contributed by atoms with van der Waals surface area (Å²) >= 11 is 0. The summed E-state index contributed by atoms with van der Waals surface area (Å²) in [4.78, 5) is 16.8. The van der Waals surface area contributed by atoms with Crippen molar-refractivity contribution in [2.45, 2.75) is 34.1 Å². The van der Waals surface area contributed by atoms with Gasteiger partial charge in [-0.25, -0.2) is 9.78 Å². The first-order chi connectivity index (χ1) is 12.8. The quantitative estimate of drug-likeness (QED) is 0.671. The number of pyridine rings is 1. The smallest absolute Gasteiger partial charge is 0.341 e. The van der Waals surface area contributed by atoms with Crippen LogP contribution >= 0.6 is 0 Å². The number of anilines is 1. The van der Waals surface area contributed by atoms with Crippen LogP contribution in [0, 0.1) is 20.8 Å². The van der Waals surface area contributed by atoms with E-state index >= 15 is 0 Å². The summed E-state index contributed by atoms with van der Waals surface area (Å²) in [5.41, 5.74) is 6.11. The van der Waals surface area contributed by atoms with Crippen molar-refractivity contribution in [1.29, 1.82) is 0 Å². The van der Waals surface area contributed by atoms with E-state index in [0.717, 1.165) is 40.2 Å². The molecular weight excluding hydrogens is 344 g/mol. The lowest BCUT2D eigenvalue weighted by Gasteiger charge is -2.13. The summed E-state index contributed by atoms with van der Waals surface area (Å²) in [7, 11) is 3.79. The molecule has 0 aromatic carbocycles. The van der Waals surface area contributed by atoms with Gasteiger partial charge in [0.15, 0.2) is 5.65 Å². The topological polar surface area (TPSA) is 86.9 Å². The van der Waals surface area contributed by atoms with Crippen LogP contribution in [0.3, 0.4) is 0 Å². The highest BCUT2D eigenvalue weighted by Crippen LogP contribution is 2.29. The van der Waals surface area contributed by atoms with Gasteiger partial charge in [-0.2, -0.15) is 10.2 Å². The molecular formula is C19H26N6O2. The molecule has 3 aromatic rings. The van der Waals surface area contributed by atoms with E-state index in [-0.39, 0.29) is 5.97 Å². The lowest BCUT2D eigenvalue weighted by Crippen LogP contribution is -2.13. The van der Waals surface area contributed by atoms with E-state index in [9.17, 15) is 4.79 Å². The fraction of sp³-hybridized carbons (Fsp3) is 0.474. The van der Waals surface area contributed by atoms with E-state index in [1.54, 1.807) is 17.8 Å². The molecule has 0 bridgehead atoms. The molecule has 8 nitrogen and oxygen atoms in total. The monoisotopic (exact) mass is 370 g/mol. The predicted molar refractivity (Wildman–Crippen MR) is 104 cm³/mol. The first kappa shape index (κ1) is 18.9. The highest BCUT2D eigenvalue weighted by Gasteiger charge is 2.20. The average Bonchev–Trinajstić information content (AvgIpc) is 3.04. The lowest BCUT2D eigenvalue weighted by molar-refractivity contribution is 0.0527. The van der Waals surface area contributed by atoms with Crippen LogP contribution in [0.15, 0.2) is 6.20 Å². The van der Waals surface area contributed by atoms with Gasteiger partial charge in [0.05, 0.1) is 29.1 Å². The van der Waals surface area contributed by atoms with Gasteiger partial charge >= 0.3 is 5.97 Å². The number of rotatable bonds is 6. The van der Waals surface area contributed by atoms with Gasteiger partial charge in [-0.1, -0.05) is 0 Å². The number of fused-ring (bicyclic) bond motifs is 1. The van der Waals surface area contributed by atoms with Crippen LogP contribution in [0.1, 0.15) is 39.9 Å². The Morgan fingerprint density at radius 3 is 2.48 bits per heavy atom. The van der Waals surface area contributed by atoms with E-state index in [2.05, 4.69) is 27.4 Å². The number of hydrogen-bond donors (Lipinski definition) is 1. The molecule has 3 rings (SSSR count). The number of aromatic nitrogens is 5. The molecule has 1 N–H and O–H groups in total. The molecule has 8 heteroatoms. The molecule has 0 spiro atoms. The zero-order valence-corrected chi connectivity index (χ0v) is 16.8. The van der Waals surface area contributed by atoms with Crippen molar-refractivity contribution in [3.63, 3.8) is 0 Å². The normalized spacial score (nSPS) is 11.2. The predicted octanol–water partition coefficient (Wildman–Crippen LogP) is 2.46. The maximum absolute atomic E-state index is 12.4. The third-order valence-corrected chi connectivity index (χ3v) is 4.86. The maximum Gasteiger partial charge on any atom is 0.341 e. The van der Waals surface area contributed by atoms with Crippen LogP contribution in [0.2, 0.25) is 0 Å². The molecule has 0 amide bonds. The molecule has 0 fully saturated rings. The van der Waals surface area contributed by atoms with Gasteiger partial charge in [0.2, 0.25) is 0 Å². The molecule has 0 aliphatic rings. The van der Waals surface area contributed by atoms with Crippen molar-refractivity contribution in [3.8, 4) is 0 Å². The molecule has 0 saturated heterocycles. The molecule has 3 heterocycles. The lowest BCUT2D eigenvalue weighted by atomic mass is 10.1. The highest BCUT2D eigenvalue weighted by molar-refractivity contribution is 6.05. The summed E-state index contributed by atoms with van der Waals surface area (Å²) in [6.45, 7) is 8.76. The summed E-state index contributed by atoms with van der Waals surface area (Å²) < 4.78 is 8.83. The highest BCUT2D eigenvalue weighted by atomic mass is 16.5. The average molecular weight is 370 g/mol. The third-order valence-electron chi connectivity index (χ3n) is 4.86. The van der Waals surface area contributed by atoms with Crippen LogP contribution < -0.4 is 5.32 Å². The van der Waals surface area contributed by atoms with Gasteiger partial charge in [-0.15, -0.1) is 0 Å². The Balaban J connectivity index is 1.95. The van der Waals surface area contributed by atoms with E-state index in [4.69, 9.17) is 4.74 Å². The Kier molecular flexibility index (Phi) is 5.16. The van der Waals surface area contributed by atoms with Crippen LogP contribution in [0.4, 0.5) is 5.69 Å². The van der Waals surface area contributed by atoms with Crippen LogP contribution in [-0.2, 0) is 25.3 Å². The first-order valence-corrected chi connectivity index (χ1v) is 9.07. The second kappa shape index (κ2) is 7.38. The van der Waals surface area contributed by atoms with Crippen molar-refractivity contribution in [2.24, 2.45) is 14.1 Å². The fourth-order valence-electron chi connectivity index (χ4n) is 3.45. The second-order valence-corrected chi connectivity index (χ2v) is 6.62. The number of ether oxygens (including phenoxy) is 1. The van der Waals surface area contributed by atoms with Crippen LogP contribution in [-0.4, -0.2) is 43.7 Å². The Hall–Kier alpha value is -2.90. The van der Waals surface area contributed by atoms with Crippen molar-refractivity contribution in [2.75, 3.05) is 18.5 Å². The Bertz CT molecular complexity index is 1000. The Morgan fingerprint density at radius 2 is 1.85 bits per heavy atom. The number of carbonyl (C=O) groups excluding carboxylic acids is 1. The van der Waals surface area contributed by atoms with E-state index in [1.807, 2.05) is 32.6 Å². The zero-order valence-electron chi connectivity index (χ0n) is 16.8. The molecule has 144 valence electrons. The fourth-order valence-corrected chi connectivity index (χ4v) is 3.45. The van der Waals surface area contributed by atoms with Crippen LogP contribution in [0.5, 0.6) is 0 Å². The number of hydrogen-bond acceptors (Lipinski definition) is 6. The van der Waals surface area contributed by atoms with Crippen molar-refractivity contribution in [1.82, 2.24) is 24.5 Å². The first-order valence-electron chi connectivity index (χ1n) is 9.07. The summed E-state index contributed by atoms with van der Waals surface area (Å²) in [5.74, 6) is -0.383. The number of nitrogens with one attached hydrogen (secondary N) is 1. The number of carbonyl (C=O) groups is 1. The minimum atomic E-state index is -0.383. The molecule has 0 aliphatic heterocycles. The molecule has 0 radical (unpaired) electrons.